The van der Waals surface area contributed by atoms with Crippen LogP contribution in [-0.2, 0) is 9.53 Å². The number of anilines is 1. The van der Waals surface area contributed by atoms with Gasteiger partial charge in [-0.15, -0.1) is 0 Å². The minimum Gasteiger partial charge on any atom is -0.493 e. The summed E-state index contributed by atoms with van der Waals surface area (Å²) in [5.74, 6) is 0.195. The first-order valence-corrected chi connectivity index (χ1v) is 8.66. The topological polar surface area (TPSA) is 64.6 Å². The lowest BCUT2D eigenvalue weighted by Crippen LogP contribution is -2.30. The Morgan fingerprint density at radius 1 is 1.04 bits per heavy atom. The van der Waals surface area contributed by atoms with Gasteiger partial charge in [0.1, 0.15) is 5.75 Å². The van der Waals surface area contributed by atoms with Crippen molar-refractivity contribution in [2.75, 3.05) is 11.9 Å². The van der Waals surface area contributed by atoms with Crippen molar-refractivity contribution < 1.29 is 19.1 Å². The van der Waals surface area contributed by atoms with Crippen LogP contribution in [0.3, 0.4) is 0 Å². The minimum absolute atomic E-state index is 0.372. The maximum Gasteiger partial charge on any atom is 0.338 e. The number of esters is 1. The molecule has 1 N–H and O–H groups in total. The zero-order valence-electron chi connectivity index (χ0n) is 15.6. The maximum absolute atomic E-state index is 12.2. The molecule has 2 aromatic rings. The number of amides is 1. The zero-order chi connectivity index (χ0) is 19.1. The minimum atomic E-state index is -0.903. The van der Waals surface area contributed by atoms with E-state index in [9.17, 15) is 9.59 Å². The maximum atomic E-state index is 12.2. The molecule has 1 amide bonds. The highest BCUT2D eigenvalue weighted by atomic mass is 16.5. The lowest BCUT2D eigenvalue weighted by atomic mass is 10.2. The molecule has 26 heavy (non-hydrogen) atoms. The molecule has 2 rings (SSSR count). The van der Waals surface area contributed by atoms with Gasteiger partial charge in [0.2, 0.25) is 0 Å². The van der Waals surface area contributed by atoms with Gasteiger partial charge in [0.15, 0.2) is 6.10 Å². The molecular formula is C21H25NO4. The van der Waals surface area contributed by atoms with Crippen LogP contribution >= 0.6 is 0 Å². The van der Waals surface area contributed by atoms with E-state index in [0.717, 1.165) is 5.56 Å². The van der Waals surface area contributed by atoms with E-state index in [1.54, 1.807) is 37.3 Å². The summed E-state index contributed by atoms with van der Waals surface area (Å²) in [5, 5.41) is 2.74. The van der Waals surface area contributed by atoms with E-state index in [1.165, 1.54) is 0 Å². The smallest absolute Gasteiger partial charge is 0.338 e. The number of hydrogen-bond acceptors (Lipinski definition) is 4. The molecule has 0 unspecified atom stereocenters. The highest BCUT2D eigenvalue weighted by Gasteiger charge is 2.19. The van der Waals surface area contributed by atoms with E-state index in [2.05, 4.69) is 19.2 Å². The van der Waals surface area contributed by atoms with E-state index in [0.29, 0.717) is 29.5 Å². The second kappa shape index (κ2) is 9.04. The van der Waals surface area contributed by atoms with Crippen molar-refractivity contribution in [1.82, 2.24) is 0 Å². The van der Waals surface area contributed by atoms with Gasteiger partial charge < -0.3 is 14.8 Å². The number of aryl methyl sites for hydroxylation is 1. The van der Waals surface area contributed by atoms with Gasteiger partial charge in [0.25, 0.3) is 5.91 Å². The SMILES string of the molecule is Cc1cccc(NC(=O)[C@@H](C)OC(=O)c2ccc(OCC(C)C)cc2)c1. The molecule has 0 fully saturated rings. The molecule has 5 heteroatoms. The lowest BCUT2D eigenvalue weighted by Gasteiger charge is -2.14. The van der Waals surface area contributed by atoms with Crippen LogP contribution in [0.25, 0.3) is 0 Å². The first kappa shape index (κ1) is 19.5. The van der Waals surface area contributed by atoms with Crippen LogP contribution < -0.4 is 10.1 Å². The van der Waals surface area contributed by atoms with Gasteiger partial charge in [-0.25, -0.2) is 4.79 Å². The molecular weight excluding hydrogens is 330 g/mol. The molecule has 138 valence electrons. The van der Waals surface area contributed by atoms with Crippen LogP contribution in [0.2, 0.25) is 0 Å². The van der Waals surface area contributed by atoms with Crippen LogP contribution in [0.5, 0.6) is 5.75 Å². The van der Waals surface area contributed by atoms with Gasteiger partial charge in [-0.3, -0.25) is 4.79 Å². The number of hydrogen-bond donors (Lipinski definition) is 1. The monoisotopic (exact) mass is 355 g/mol. The third kappa shape index (κ3) is 5.92. The highest BCUT2D eigenvalue weighted by Crippen LogP contribution is 2.15. The van der Waals surface area contributed by atoms with Crippen LogP contribution in [0, 0.1) is 12.8 Å². The highest BCUT2D eigenvalue weighted by molar-refractivity contribution is 5.97. The Bertz CT molecular complexity index is 753. The lowest BCUT2D eigenvalue weighted by molar-refractivity contribution is -0.123. The molecule has 0 saturated carbocycles. The average Bonchev–Trinajstić information content (AvgIpc) is 2.60. The Balaban J connectivity index is 1.90. The Morgan fingerprint density at radius 3 is 2.35 bits per heavy atom. The van der Waals surface area contributed by atoms with Gasteiger partial charge in [-0.05, 0) is 61.7 Å². The fraction of sp³-hybridized carbons (Fsp3) is 0.333. The first-order valence-electron chi connectivity index (χ1n) is 8.66. The molecule has 0 heterocycles. The molecule has 0 aliphatic rings. The summed E-state index contributed by atoms with van der Waals surface area (Å²) < 4.78 is 10.8. The van der Waals surface area contributed by atoms with Crippen LogP contribution in [-0.4, -0.2) is 24.6 Å². The fourth-order valence-corrected chi connectivity index (χ4v) is 2.20. The number of nitrogens with one attached hydrogen (secondary N) is 1. The Morgan fingerprint density at radius 2 is 1.73 bits per heavy atom. The Kier molecular flexibility index (Phi) is 6.78. The van der Waals surface area contributed by atoms with Gasteiger partial charge in [0.05, 0.1) is 12.2 Å². The second-order valence-corrected chi connectivity index (χ2v) is 6.64. The summed E-state index contributed by atoms with van der Waals surface area (Å²) in [6, 6.07) is 14.1. The van der Waals surface area contributed by atoms with E-state index in [1.807, 2.05) is 25.1 Å². The van der Waals surface area contributed by atoms with Crippen molar-refractivity contribution in [3.05, 3.63) is 59.7 Å². The number of carbonyl (C=O) groups is 2. The zero-order valence-corrected chi connectivity index (χ0v) is 15.6. The van der Waals surface area contributed by atoms with Crippen molar-refractivity contribution in [1.29, 1.82) is 0 Å². The second-order valence-electron chi connectivity index (χ2n) is 6.64. The average molecular weight is 355 g/mol. The molecule has 0 saturated heterocycles. The van der Waals surface area contributed by atoms with Gasteiger partial charge >= 0.3 is 5.97 Å². The van der Waals surface area contributed by atoms with E-state index >= 15 is 0 Å². The van der Waals surface area contributed by atoms with Gasteiger partial charge in [0, 0.05) is 5.69 Å². The summed E-state index contributed by atoms with van der Waals surface area (Å²) in [6.45, 7) is 8.22. The summed E-state index contributed by atoms with van der Waals surface area (Å²) in [5.41, 5.74) is 2.08. The number of rotatable bonds is 7. The van der Waals surface area contributed by atoms with Crippen molar-refractivity contribution in [2.24, 2.45) is 5.92 Å². The third-order valence-electron chi connectivity index (χ3n) is 3.61. The van der Waals surface area contributed by atoms with Gasteiger partial charge in [-0.1, -0.05) is 26.0 Å². The predicted octanol–water partition coefficient (Wildman–Crippen LogP) is 4.21. The van der Waals surface area contributed by atoms with Crippen molar-refractivity contribution in [2.45, 2.75) is 33.8 Å². The molecule has 0 aromatic heterocycles. The summed E-state index contributed by atoms with van der Waals surface area (Å²) in [4.78, 5) is 24.4. The summed E-state index contributed by atoms with van der Waals surface area (Å²) >= 11 is 0. The largest absolute Gasteiger partial charge is 0.493 e. The quantitative estimate of drug-likeness (QED) is 0.756. The van der Waals surface area contributed by atoms with Gasteiger partial charge in [-0.2, -0.15) is 0 Å². The standard InChI is InChI=1S/C21H25NO4/c1-14(2)13-25-19-10-8-17(9-11-19)21(24)26-16(4)20(23)22-18-7-5-6-15(3)12-18/h5-12,14,16H,13H2,1-4H3,(H,22,23)/t16-/m1/s1. The normalized spacial score (nSPS) is 11.7. The van der Waals surface area contributed by atoms with Crippen molar-refractivity contribution in [3.63, 3.8) is 0 Å². The summed E-state index contributed by atoms with van der Waals surface area (Å²) in [7, 11) is 0. The number of ether oxygens (including phenoxy) is 2. The van der Waals surface area contributed by atoms with Crippen molar-refractivity contribution >= 4 is 17.6 Å². The molecule has 0 aliphatic heterocycles. The predicted molar refractivity (Wildman–Crippen MR) is 101 cm³/mol. The first-order chi connectivity index (χ1) is 12.3. The van der Waals surface area contributed by atoms with Crippen LogP contribution in [0.4, 0.5) is 5.69 Å². The van der Waals surface area contributed by atoms with Crippen LogP contribution in [0.15, 0.2) is 48.5 Å². The Labute approximate surface area is 154 Å². The number of benzene rings is 2. The molecule has 1 atom stereocenters. The molecule has 2 aromatic carbocycles. The fourth-order valence-electron chi connectivity index (χ4n) is 2.20. The van der Waals surface area contributed by atoms with E-state index < -0.39 is 12.1 Å². The number of carbonyl (C=O) groups excluding carboxylic acids is 2. The molecule has 0 aliphatic carbocycles. The van der Waals surface area contributed by atoms with E-state index in [4.69, 9.17) is 9.47 Å². The van der Waals surface area contributed by atoms with Crippen LogP contribution in [0.1, 0.15) is 36.7 Å². The third-order valence-corrected chi connectivity index (χ3v) is 3.61. The molecule has 5 nitrogen and oxygen atoms in total. The molecule has 0 spiro atoms. The van der Waals surface area contributed by atoms with Crippen molar-refractivity contribution in [3.8, 4) is 5.75 Å². The Hall–Kier alpha value is -2.82. The molecule has 0 radical (unpaired) electrons. The van der Waals surface area contributed by atoms with E-state index in [-0.39, 0.29) is 5.91 Å². The molecule has 0 bridgehead atoms. The summed E-state index contributed by atoms with van der Waals surface area (Å²) in [6.07, 6.45) is -0.903.